The van der Waals surface area contributed by atoms with E-state index in [-0.39, 0.29) is 0 Å². The first-order valence-corrected chi connectivity index (χ1v) is 5.12. The topological polar surface area (TPSA) is 49.7 Å². The summed E-state index contributed by atoms with van der Waals surface area (Å²) in [5, 5.41) is 20.5. The molecule has 0 aliphatic carbocycles. The standard InChI is InChI=1S/C8H6BClO3S/c10-5-1-2-6-7(13-9(11)12)4-14-8(6)3-5/h1-4,11-12H. The Balaban J connectivity index is 2.47. The lowest BCUT2D eigenvalue weighted by molar-refractivity contribution is 0.290. The predicted molar refractivity (Wildman–Crippen MR) is 57.7 cm³/mol. The maximum absolute atomic E-state index is 8.65. The Morgan fingerprint density at radius 1 is 1.36 bits per heavy atom. The summed E-state index contributed by atoms with van der Waals surface area (Å²) in [4.78, 5) is 0. The van der Waals surface area contributed by atoms with Gasteiger partial charge in [-0.2, -0.15) is 0 Å². The molecule has 14 heavy (non-hydrogen) atoms. The van der Waals surface area contributed by atoms with E-state index in [1.54, 1.807) is 23.6 Å². The molecular weight excluding hydrogens is 222 g/mol. The number of rotatable bonds is 2. The second-order valence-electron chi connectivity index (χ2n) is 2.68. The van der Waals surface area contributed by atoms with E-state index in [4.69, 9.17) is 26.3 Å². The summed E-state index contributed by atoms with van der Waals surface area (Å²) >= 11 is 7.24. The monoisotopic (exact) mass is 228 g/mol. The molecule has 0 fully saturated rings. The number of fused-ring (bicyclic) bond motifs is 1. The zero-order chi connectivity index (χ0) is 10.1. The van der Waals surface area contributed by atoms with E-state index in [0.29, 0.717) is 10.8 Å². The van der Waals surface area contributed by atoms with Crippen LogP contribution in [0.1, 0.15) is 0 Å². The number of halogens is 1. The maximum atomic E-state index is 8.65. The molecule has 0 saturated heterocycles. The molecule has 0 unspecified atom stereocenters. The van der Waals surface area contributed by atoms with E-state index in [0.717, 1.165) is 10.1 Å². The van der Waals surface area contributed by atoms with Gasteiger partial charge in [-0.1, -0.05) is 11.6 Å². The van der Waals surface area contributed by atoms with Crippen molar-refractivity contribution >= 4 is 40.3 Å². The van der Waals surface area contributed by atoms with Crippen molar-refractivity contribution in [1.82, 2.24) is 0 Å². The number of hydrogen-bond donors (Lipinski definition) is 2. The lowest BCUT2D eigenvalue weighted by Gasteiger charge is -2.01. The average molecular weight is 228 g/mol. The van der Waals surface area contributed by atoms with Crippen molar-refractivity contribution < 1.29 is 14.7 Å². The molecule has 1 aromatic heterocycles. The first-order chi connectivity index (χ1) is 6.66. The Hall–Kier alpha value is -0.745. The van der Waals surface area contributed by atoms with Crippen molar-refractivity contribution in [2.45, 2.75) is 0 Å². The van der Waals surface area contributed by atoms with E-state index in [9.17, 15) is 0 Å². The van der Waals surface area contributed by atoms with Crippen LogP contribution < -0.4 is 4.65 Å². The van der Waals surface area contributed by atoms with Crippen LogP contribution in [0.2, 0.25) is 5.02 Å². The molecule has 2 rings (SSSR count). The summed E-state index contributed by atoms with van der Waals surface area (Å²) in [6, 6.07) is 5.32. The summed E-state index contributed by atoms with van der Waals surface area (Å²) in [6.45, 7) is 0. The van der Waals surface area contributed by atoms with Gasteiger partial charge in [-0.3, -0.25) is 0 Å². The summed E-state index contributed by atoms with van der Waals surface area (Å²) in [7, 11) is -1.79. The van der Waals surface area contributed by atoms with Gasteiger partial charge >= 0.3 is 7.32 Å². The molecular formula is C8H6BClO3S. The van der Waals surface area contributed by atoms with E-state index < -0.39 is 7.32 Å². The van der Waals surface area contributed by atoms with E-state index in [2.05, 4.69) is 0 Å². The van der Waals surface area contributed by atoms with Crippen LogP contribution >= 0.6 is 22.9 Å². The molecule has 0 bridgehead atoms. The lowest BCUT2D eigenvalue weighted by atomic mass is 10.2. The molecule has 0 spiro atoms. The minimum absolute atomic E-state index is 0.455. The normalized spacial score (nSPS) is 10.5. The largest absolute Gasteiger partial charge is 0.707 e. The number of hydrogen-bond acceptors (Lipinski definition) is 4. The SMILES string of the molecule is OB(O)Oc1csc2cc(Cl)ccc12. The molecule has 72 valence electrons. The van der Waals surface area contributed by atoms with Crippen LogP contribution in [0, 0.1) is 0 Å². The van der Waals surface area contributed by atoms with Gasteiger partial charge in [0.2, 0.25) is 0 Å². The highest BCUT2D eigenvalue weighted by Crippen LogP contribution is 2.33. The minimum atomic E-state index is -1.79. The third kappa shape index (κ3) is 1.86. The highest BCUT2D eigenvalue weighted by Gasteiger charge is 2.14. The molecule has 2 aromatic rings. The van der Waals surface area contributed by atoms with Crippen LogP contribution in [-0.2, 0) is 0 Å². The van der Waals surface area contributed by atoms with Gasteiger partial charge in [-0.05, 0) is 18.2 Å². The zero-order valence-corrected chi connectivity index (χ0v) is 8.55. The molecule has 6 heteroatoms. The maximum Gasteiger partial charge on any atom is 0.707 e. The first-order valence-electron chi connectivity index (χ1n) is 3.86. The van der Waals surface area contributed by atoms with Crippen LogP contribution in [0.5, 0.6) is 5.75 Å². The molecule has 3 nitrogen and oxygen atoms in total. The van der Waals surface area contributed by atoms with Crippen LogP contribution in [0.4, 0.5) is 0 Å². The Bertz CT molecular complexity index is 457. The van der Waals surface area contributed by atoms with Crippen molar-refractivity contribution in [3.63, 3.8) is 0 Å². The highest BCUT2D eigenvalue weighted by molar-refractivity contribution is 7.17. The molecule has 0 saturated carbocycles. The quantitative estimate of drug-likeness (QED) is 0.772. The lowest BCUT2D eigenvalue weighted by Crippen LogP contribution is -2.20. The Morgan fingerprint density at radius 2 is 2.14 bits per heavy atom. The van der Waals surface area contributed by atoms with Gasteiger partial charge in [0.1, 0.15) is 5.75 Å². The van der Waals surface area contributed by atoms with Crippen LogP contribution in [0.25, 0.3) is 10.1 Å². The van der Waals surface area contributed by atoms with E-state index >= 15 is 0 Å². The number of benzene rings is 1. The summed E-state index contributed by atoms with van der Waals surface area (Å²) in [5.74, 6) is 0.455. The fourth-order valence-corrected chi connectivity index (χ4v) is 2.33. The molecule has 0 aliphatic heterocycles. The molecule has 0 aliphatic rings. The molecule has 1 heterocycles. The second-order valence-corrected chi connectivity index (χ2v) is 4.03. The van der Waals surface area contributed by atoms with Gasteiger partial charge in [0.25, 0.3) is 0 Å². The van der Waals surface area contributed by atoms with Crippen molar-refractivity contribution in [1.29, 1.82) is 0 Å². The molecule has 0 amide bonds. The Morgan fingerprint density at radius 3 is 2.86 bits per heavy atom. The Kier molecular flexibility index (Phi) is 2.65. The predicted octanol–water partition coefficient (Wildman–Crippen LogP) is 1.90. The molecule has 2 N–H and O–H groups in total. The van der Waals surface area contributed by atoms with E-state index in [1.807, 2.05) is 0 Å². The van der Waals surface area contributed by atoms with Crippen LogP contribution in [0.15, 0.2) is 23.6 Å². The third-order valence-electron chi connectivity index (χ3n) is 1.73. The van der Waals surface area contributed by atoms with Gasteiger partial charge in [0.15, 0.2) is 0 Å². The van der Waals surface area contributed by atoms with Gasteiger partial charge in [-0.25, -0.2) is 0 Å². The van der Waals surface area contributed by atoms with Crippen molar-refractivity contribution in [3.05, 3.63) is 28.6 Å². The fourth-order valence-electron chi connectivity index (χ4n) is 1.18. The second kappa shape index (κ2) is 3.78. The number of thiophene rings is 1. The summed E-state index contributed by atoms with van der Waals surface area (Å²) in [5.41, 5.74) is 0. The molecule has 1 aromatic carbocycles. The van der Waals surface area contributed by atoms with Gasteiger partial charge in [0.05, 0.1) is 0 Å². The highest BCUT2D eigenvalue weighted by atomic mass is 35.5. The average Bonchev–Trinajstić information content (AvgIpc) is 2.47. The van der Waals surface area contributed by atoms with E-state index in [1.165, 1.54) is 11.3 Å². The smallest absolute Gasteiger partial charge is 0.511 e. The summed E-state index contributed by atoms with van der Waals surface area (Å²) < 4.78 is 5.74. The van der Waals surface area contributed by atoms with Crippen molar-refractivity contribution in [2.24, 2.45) is 0 Å². The van der Waals surface area contributed by atoms with Crippen LogP contribution in [0.3, 0.4) is 0 Å². The molecule has 0 atom stereocenters. The van der Waals surface area contributed by atoms with Gasteiger partial charge in [-0.15, -0.1) is 11.3 Å². The van der Waals surface area contributed by atoms with Crippen LogP contribution in [-0.4, -0.2) is 17.4 Å². The van der Waals surface area contributed by atoms with Gasteiger partial charge in [0, 0.05) is 20.5 Å². The van der Waals surface area contributed by atoms with Gasteiger partial charge < -0.3 is 14.7 Å². The fraction of sp³-hybridized carbons (Fsp3) is 0. The van der Waals surface area contributed by atoms with Crippen molar-refractivity contribution in [2.75, 3.05) is 0 Å². The molecule has 0 radical (unpaired) electrons. The first kappa shape index (κ1) is 9.80. The zero-order valence-electron chi connectivity index (χ0n) is 6.98. The minimum Gasteiger partial charge on any atom is -0.511 e. The van der Waals surface area contributed by atoms with Crippen molar-refractivity contribution in [3.8, 4) is 5.75 Å². The summed E-state index contributed by atoms with van der Waals surface area (Å²) in [6.07, 6.45) is 0. The third-order valence-corrected chi connectivity index (χ3v) is 2.89. The Labute approximate surface area is 89.7 Å².